The second kappa shape index (κ2) is 7.92. The van der Waals surface area contributed by atoms with E-state index < -0.39 is 24.5 Å². The van der Waals surface area contributed by atoms with Crippen molar-refractivity contribution in [3.63, 3.8) is 0 Å². The van der Waals surface area contributed by atoms with Gasteiger partial charge in [0, 0.05) is 51.0 Å². The van der Waals surface area contributed by atoms with E-state index in [0.29, 0.717) is 26.2 Å². The Morgan fingerprint density at radius 2 is 1.92 bits per heavy atom. The standard InChI is InChI=1S/C16H22F3N3O3/c1-11(24)21-4-6-22(7-5-21)15-3-2-12(20-9-13(25)10-23)8-14(15)16(17,18)19/h2-3,8,13,20,23,25H,4-7,9-10H2,1H3. The van der Waals surface area contributed by atoms with Crippen molar-refractivity contribution in [1.29, 1.82) is 0 Å². The Morgan fingerprint density at radius 3 is 2.44 bits per heavy atom. The van der Waals surface area contributed by atoms with Crippen molar-refractivity contribution in [1.82, 2.24) is 4.90 Å². The predicted molar refractivity (Wildman–Crippen MR) is 87.5 cm³/mol. The van der Waals surface area contributed by atoms with E-state index in [2.05, 4.69) is 5.32 Å². The topological polar surface area (TPSA) is 76.0 Å². The average molecular weight is 361 g/mol. The Kier molecular flexibility index (Phi) is 6.12. The number of rotatable bonds is 5. The highest BCUT2D eigenvalue weighted by Crippen LogP contribution is 2.38. The fraction of sp³-hybridized carbons (Fsp3) is 0.562. The van der Waals surface area contributed by atoms with Gasteiger partial charge in [-0.3, -0.25) is 4.79 Å². The number of aliphatic hydroxyl groups excluding tert-OH is 2. The highest BCUT2D eigenvalue weighted by Gasteiger charge is 2.36. The van der Waals surface area contributed by atoms with Crippen LogP contribution in [0.5, 0.6) is 0 Å². The lowest BCUT2D eigenvalue weighted by Gasteiger charge is -2.36. The SMILES string of the molecule is CC(=O)N1CCN(c2ccc(NCC(O)CO)cc2C(F)(F)F)CC1. The van der Waals surface area contributed by atoms with E-state index in [1.807, 2.05) is 0 Å². The van der Waals surface area contributed by atoms with Gasteiger partial charge in [0.2, 0.25) is 5.91 Å². The molecule has 1 aromatic rings. The first-order chi connectivity index (χ1) is 11.7. The zero-order valence-electron chi connectivity index (χ0n) is 13.9. The molecule has 1 fully saturated rings. The molecule has 0 saturated carbocycles. The lowest BCUT2D eigenvalue weighted by atomic mass is 10.1. The summed E-state index contributed by atoms with van der Waals surface area (Å²) in [7, 11) is 0. The maximum absolute atomic E-state index is 13.4. The molecule has 3 N–H and O–H groups in total. The lowest BCUT2D eigenvalue weighted by molar-refractivity contribution is -0.137. The number of carbonyl (C=O) groups is 1. The third-order valence-corrected chi connectivity index (χ3v) is 4.12. The number of nitrogens with one attached hydrogen (secondary N) is 1. The quantitative estimate of drug-likeness (QED) is 0.733. The number of aliphatic hydroxyl groups is 2. The van der Waals surface area contributed by atoms with Gasteiger partial charge in [0.25, 0.3) is 0 Å². The molecule has 9 heteroatoms. The molecule has 1 aliphatic rings. The molecule has 1 amide bonds. The van der Waals surface area contributed by atoms with Crippen LogP contribution in [-0.2, 0) is 11.0 Å². The van der Waals surface area contributed by atoms with Crippen molar-refractivity contribution in [2.24, 2.45) is 0 Å². The van der Waals surface area contributed by atoms with Gasteiger partial charge in [-0.1, -0.05) is 0 Å². The molecule has 25 heavy (non-hydrogen) atoms. The first-order valence-electron chi connectivity index (χ1n) is 7.97. The normalized spacial score (nSPS) is 16.7. The number of benzene rings is 1. The van der Waals surface area contributed by atoms with Gasteiger partial charge in [0.05, 0.1) is 18.3 Å². The van der Waals surface area contributed by atoms with E-state index in [0.717, 1.165) is 6.07 Å². The molecule has 1 atom stereocenters. The molecule has 0 aliphatic carbocycles. The molecule has 1 aliphatic heterocycles. The summed E-state index contributed by atoms with van der Waals surface area (Å²) in [5.74, 6) is -0.0855. The summed E-state index contributed by atoms with van der Waals surface area (Å²) in [6.07, 6.45) is -5.57. The van der Waals surface area contributed by atoms with E-state index >= 15 is 0 Å². The second-order valence-electron chi connectivity index (χ2n) is 5.94. The summed E-state index contributed by atoms with van der Waals surface area (Å²) in [5, 5.41) is 20.7. The van der Waals surface area contributed by atoms with Crippen molar-refractivity contribution in [3.8, 4) is 0 Å². The number of hydrogen-bond donors (Lipinski definition) is 3. The maximum Gasteiger partial charge on any atom is 0.418 e. The summed E-state index contributed by atoms with van der Waals surface area (Å²) in [5.41, 5.74) is -0.484. The Labute approximate surface area is 143 Å². The minimum atomic E-state index is -4.53. The number of alkyl halides is 3. The van der Waals surface area contributed by atoms with Crippen LogP contribution in [0.3, 0.4) is 0 Å². The van der Waals surface area contributed by atoms with Gasteiger partial charge >= 0.3 is 6.18 Å². The summed E-state index contributed by atoms with van der Waals surface area (Å²) >= 11 is 0. The zero-order valence-corrected chi connectivity index (χ0v) is 13.9. The minimum absolute atomic E-state index is 0.0512. The lowest BCUT2D eigenvalue weighted by Crippen LogP contribution is -2.48. The highest BCUT2D eigenvalue weighted by molar-refractivity contribution is 5.73. The Morgan fingerprint density at radius 1 is 1.28 bits per heavy atom. The molecule has 1 saturated heterocycles. The van der Waals surface area contributed by atoms with Gasteiger partial charge in [0.1, 0.15) is 0 Å². The Hall–Kier alpha value is -2.00. The minimum Gasteiger partial charge on any atom is -0.394 e. The van der Waals surface area contributed by atoms with E-state index in [9.17, 15) is 23.1 Å². The number of carbonyl (C=O) groups excluding carboxylic acids is 1. The summed E-state index contributed by atoms with van der Waals surface area (Å²) in [6.45, 7) is 2.35. The molecule has 1 aromatic carbocycles. The number of halogens is 3. The molecular weight excluding hydrogens is 339 g/mol. The maximum atomic E-state index is 13.4. The van der Waals surface area contributed by atoms with Gasteiger partial charge < -0.3 is 25.3 Å². The molecule has 0 radical (unpaired) electrons. The van der Waals surface area contributed by atoms with Crippen LogP contribution < -0.4 is 10.2 Å². The van der Waals surface area contributed by atoms with Crippen molar-refractivity contribution in [2.45, 2.75) is 19.2 Å². The summed E-state index contributed by atoms with van der Waals surface area (Å²) in [4.78, 5) is 14.6. The first kappa shape index (κ1) is 19.3. The Bertz CT molecular complexity index is 602. The largest absolute Gasteiger partial charge is 0.418 e. The van der Waals surface area contributed by atoms with Crippen molar-refractivity contribution >= 4 is 17.3 Å². The summed E-state index contributed by atoms with van der Waals surface area (Å²) in [6, 6.07) is 3.89. The van der Waals surface area contributed by atoms with Crippen LogP contribution in [0.4, 0.5) is 24.5 Å². The van der Waals surface area contributed by atoms with E-state index in [-0.39, 0.29) is 23.8 Å². The monoisotopic (exact) mass is 361 g/mol. The van der Waals surface area contributed by atoms with Crippen LogP contribution >= 0.6 is 0 Å². The average Bonchev–Trinajstić information content (AvgIpc) is 2.58. The van der Waals surface area contributed by atoms with Gasteiger partial charge in [-0.15, -0.1) is 0 Å². The van der Waals surface area contributed by atoms with Crippen molar-refractivity contribution < 1.29 is 28.2 Å². The molecule has 0 bridgehead atoms. The van der Waals surface area contributed by atoms with Crippen LogP contribution in [0.1, 0.15) is 12.5 Å². The van der Waals surface area contributed by atoms with Crippen LogP contribution in [0, 0.1) is 0 Å². The first-order valence-corrected chi connectivity index (χ1v) is 7.97. The highest BCUT2D eigenvalue weighted by atomic mass is 19.4. The third kappa shape index (κ3) is 4.99. The van der Waals surface area contributed by atoms with Gasteiger partial charge in [-0.05, 0) is 18.2 Å². The van der Waals surface area contributed by atoms with E-state index in [1.54, 1.807) is 9.80 Å². The molecule has 0 aromatic heterocycles. The second-order valence-corrected chi connectivity index (χ2v) is 5.94. The van der Waals surface area contributed by atoms with Gasteiger partial charge in [-0.25, -0.2) is 0 Å². The number of anilines is 2. The zero-order chi connectivity index (χ0) is 18.6. The van der Waals surface area contributed by atoms with Crippen molar-refractivity contribution in [2.75, 3.05) is 49.5 Å². The van der Waals surface area contributed by atoms with Gasteiger partial charge in [-0.2, -0.15) is 13.2 Å². The molecule has 6 nitrogen and oxygen atoms in total. The molecule has 2 rings (SSSR count). The van der Waals surface area contributed by atoms with Gasteiger partial charge in [0.15, 0.2) is 0 Å². The predicted octanol–water partition coefficient (Wildman–Crippen LogP) is 1.14. The molecular formula is C16H22F3N3O3. The number of hydrogen-bond acceptors (Lipinski definition) is 5. The van der Waals surface area contributed by atoms with E-state index in [1.165, 1.54) is 19.1 Å². The van der Waals surface area contributed by atoms with Crippen LogP contribution in [0.15, 0.2) is 18.2 Å². The Balaban J connectivity index is 2.19. The summed E-state index contributed by atoms with van der Waals surface area (Å²) < 4.78 is 40.3. The number of nitrogens with zero attached hydrogens (tertiary/aromatic N) is 2. The fourth-order valence-electron chi connectivity index (χ4n) is 2.71. The van der Waals surface area contributed by atoms with E-state index in [4.69, 9.17) is 5.11 Å². The third-order valence-electron chi connectivity index (χ3n) is 4.12. The number of piperazine rings is 1. The fourth-order valence-corrected chi connectivity index (χ4v) is 2.71. The number of amides is 1. The van der Waals surface area contributed by atoms with Crippen LogP contribution in [-0.4, -0.2) is 66.5 Å². The molecule has 0 spiro atoms. The van der Waals surface area contributed by atoms with Crippen LogP contribution in [0.2, 0.25) is 0 Å². The van der Waals surface area contributed by atoms with Crippen LogP contribution in [0.25, 0.3) is 0 Å². The van der Waals surface area contributed by atoms with Crippen molar-refractivity contribution in [3.05, 3.63) is 23.8 Å². The smallest absolute Gasteiger partial charge is 0.394 e. The molecule has 1 unspecified atom stereocenters. The molecule has 140 valence electrons. The molecule has 1 heterocycles.